The molecule has 3 rings (SSSR count). The number of carbonyl (C=O) groups is 1. The SMILES string of the molecule is COc1ccc(-c2cc3cc(F)c(F)cc3[nH]2)cc1C(N)=O. The molecule has 0 aliphatic heterocycles. The molecule has 1 aromatic heterocycles. The molecule has 3 N–H and O–H groups in total. The first-order valence-corrected chi connectivity index (χ1v) is 6.45. The van der Waals surface area contributed by atoms with E-state index in [9.17, 15) is 13.6 Å². The molecule has 0 radical (unpaired) electrons. The van der Waals surface area contributed by atoms with Crippen LogP contribution in [0.25, 0.3) is 22.2 Å². The van der Waals surface area contributed by atoms with Crippen molar-refractivity contribution in [2.75, 3.05) is 7.11 Å². The molecule has 4 nitrogen and oxygen atoms in total. The fraction of sp³-hybridized carbons (Fsp3) is 0.0625. The Morgan fingerprint density at radius 2 is 1.86 bits per heavy atom. The zero-order valence-corrected chi connectivity index (χ0v) is 11.6. The summed E-state index contributed by atoms with van der Waals surface area (Å²) in [5.41, 5.74) is 7.29. The summed E-state index contributed by atoms with van der Waals surface area (Å²) in [7, 11) is 1.44. The van der Waals surface area contributed by atoms with Gasteiger partial charge in [-0.05, 0) is 35.9 Å². The monoisotopic (exact) mass is 302 g/mol. The Balaban J connectivity index is 2.15. The van der Waals surface area contributed by atoms with E-state index in [0.29, 0.717) is 27.9 Å². The Morgan fingerprint density at radius 1 is 1.14 bits per heavy atom. The first-order chi connectivity index (χ1) is 10.5. The fourth-order valence-electron chi connectivity index (χ4n) is 2.35. The Labute approximate surface area is 124 Å². The zero-order chi connectivity index (χ0) is 15.9. The number of primary amides is 1. The van der Waals surface area contributed by atoms with Gasteiger partial charge in [0.15, 0.2) is 11.6 Å². The highest BCUT2D eigenvalue weighted by Crippen LogP contribution is 2.29. The molecule has 112 valence electrons. The quantitative estimate of drug-likeness (QED) is 0.780. The number of ether oxygens (including phenoxy) is 1. The molecule has 2 aromatic carbocycles. The minimum atomic E-state index is -0.923. The molecular formula is C16H12F2N2O2. The van der Waals surface area contributed by atoms with E-state index in [1.165, 1.54) is 7.11 Å². The third kappa shape index (κ3) is 2.28. The molecule has 0 spiro atoms. The van der Waals surface area contributed by atoms with Gasteiger partial charge < -0.3 is 15.5 Å². The van der Waals surface area contributed by atoms with E-state index in [-0.39, 0.29) is 5.56 Å². The van der Waals surface area contributed by atoms with Crippen molar-refractivity contribution < 1.29 is 18.3 Å². The maximum absolute atomic E-state index is 13.3. The molecule has 0 saturated carbocycles. The number of rotatable bonds is 3. The third-order valence-electron chi connectivity index (χ3n) is 3.44. The lowest BCUT2D eigenvalue weighted by molar-refractivity contribution is 0.0997. The van der Waals surface area contributed by atoms with Crippen LogP contribution in [0.15, 0.2) is 36.4 Å². The molecule has 0 fully saturated rings. The normalized spacial score (nSPS) is 10.9. The van der Waals surface area contributed by atoms with Crippen molar-refractivity contribution in [1.29, 1.82) is 0 Å². The molecular weight excluding hydrogens is 290 g/mol. The van der Waals surface area contributed by atoms with Crippen LogP contribution in [-0.4, -0.2) is 18.0 Å². The standard InChI is InChI=1S/C16H12F2N2O2/c1-22-15-3-2-8(4-10(15)16(19)21)13-6-9-5-11(17)12(18)7-14(9)20-13/h2-7,20H,1H3,(H2,19,21). The summed E-state index contributed by atoms with van der Waals surface area (Å²) in [4.78, 5) is 14.4. The van der Waals surface area contributed by atoms with Crippen LogP contribution in [0.5, 0.6) is 5.75 Å². The summed E-state index contributed by atoms with van der Waals surface area (Å²) in [6, 6.07) is 8.78. The Bertz CT molecular complexity index is 848. The van der Waals surface area contributed by atoms with E-state index in [2.05, 4.69) is 4.98 Å². The number of aromatic amines is 1. The molecule has 0 aliphatic rings. The van der Waals surface area contributed by atoms with Gasteiger partial charge in [-0.25, -0.2) is 8.78 Å². The predicted octanol–water partition coefficient (Wildman–Crippen LogP) is 3.22. The predicted molar refractivity (Wildman–Crippen MR) is 78.7 cm³/mol. The van der Waals surface area contributed by atoms with E-state index < -0.39 is 17.5 Å². The van der Waals surface area contributed by atoms with Crippen molar-refractivity contribution in [3.05, 3.63) is 53.6 Å². The van der Waals surface area contributed by atoms with Crippen LogP contribution in [0.4, 0.5) is 8.78 Å². The number of benzene rings is 2. The number of hydrogen-bond donors (Lipinski definition) is 2. The van der Waals surface area contributed by atoms with Crippen molar-refractivity contribution in [3.63, 3.8) is 0 Å². The third-order valence-corrected chi connectivity index (χ3v) is 3.44. The van der Waals surface area contributed by atoms with E-state index in [1.54, 1.807) is 24.3 Å². The molecule has 1 heterocycles. The van der Waals surface area contributed by atoms with Crippen LogP contribution in [0.2, 0.25) is 0 Å². The van der Waals surface area contributed by atoms with Crippen molar-refractivity contribution >= 4 is 16.8 Å². The minimum Gasteiger partial charge on any atom is -0.496 e. The summed E-state index contributed by atoms with van der Waals surface area (Å²) in [5, 5.41) is 0.533. The molecule has 0 saturated heterocycles. The van der Waals surface area contributed by atoms with Gasteiger partial charge in [-0.2, -0.15) is 0 Å². The molecule has 0 aliphatic carbocycles. The summed E-state index contributed by atoms with van der Waals surface area (Å²) in [5.74, 6) is -2.09. The van der Waals surface area contributed by atoms with E-state index >= 15 is 0 Å². The van der Waals surface area contributed by atoms with Crippen LogP contribution in [-0.2, 0) is 0 Å². The highest BCUT2D eigenvalue weighted by atomic mass is 19.2. The molecule has 1 amide bonds. The van der Waals surface area contributed by atoms with Crippen LogP contribution >= 0.6 is 0 Å². The maximum Gasteiger partial charge on any atom is 0.252 e. The van der Waals surface area contributed by atoms with E-state index in [1.807, 2.05) is 0 Å². The second-order valence-corrected chi connectivity index (χ2v) is 4.82. The first kappa shape index (κ1) is 14.1. The number of H-pyrrole nitrogens is 1. The molecule has 22 heavy (non-hydrogen) atoms. The Kier molecular flexibility index (Phi) is 3.29. The average molecular weight is 302 g/mol. The second kappa shape index (κ2) is 5.14. The Hall–Kier alpha value is -2.89. The van der Waals surface area contributed by atoms with Gasteiger partial charge in [0.1, 0.15) is 5.75 Å². The van der Waals surface area contributed by atoms with Gasteiger partial charge in [-0.15, -0.1) is 0 Å². The fourth-order valence-corrected chi connectivity index (χ4v) is 2.35. The van der Waals surface area contributed by atoms with E-state index in [0.717, 1.165) is 12.1 Å². The Morgan fingerprint density at radius 3 is 2.55 bits per heavy atom. The molecule has 0 unspecified atom stereocenters. The zero-order valence-electron chi connectivity index (χ0n) is 11.6. The second-order valence-electron chi connectivity index (χ2n) is 4.82. The average Bonchev–Trinajstić information content (AvgIpc) is 2.89. The largest absolute Gasteiger partial charge is 0.496 e. The first-order valence-electron chi connectivity index (χ1n) is 6.45. The van der Waals surface area contributed by atoms with Gasteiger partial charge in [0.25, 0.3) is 5.91 Å². The number of nitrogens with one attached hydrogen (secondary N) is 1. The van der Waals surface area contributed by atoms with Crippen LogP contribution in [0, 0.1) is 11.6 Å². The van der Waals surface area contributed by atoms with Gasteiger partial charge in [-0.3, -0.25) is 4.79 Å². The number of hydrogen-bond acceptors (Lipinski definition) is 2. The van der Waals surface area contributed by atoms with Crippen molar-refractivity contribution in [2.24, 2.45) is 5.73 Å². The van der Waals surface area contributed by atoms with Crippen molar-refractivity contribution in [2.45, 2.75) is 0 Å². The summed E-state index contributed by atoms with van der Waals surface area (Å²) < 4.78 is 31.6. The number of nitrogens with two attached hydrogens (primary N) is 1. The molecule has 0 bridgehead atoms. The van der Waals surface area contributed by atoms with Crippen molar-refractivity contribution in [3.8, 4) is 17.0 Å². The summed E-state index contributed by atoms with van der Waals surface area (Å²) >= 11 is 0. The number of amides is 1. The van der Waals surface area contributed by atoms with Crippen molar-refractivity contribution in [1.82, 2.24) is 4.98 Å². The number of halogens is 2. The number of aromatic nitrogens is 1. The van der Waals surface area contributed by atoms with Gasteiger partial charge >= 0.3 is 0 Å². The van der Waals surface area contributed by atoms with Gasteiger partial charge in [0.2, 0.25) is 0 Å². The van der Waals surface area contributed by atoms with Crippen LogP contribution < -0.4 is 10.5 Å². The topological polar surface area (TPSA) is 68.1 Å². The number of methoxy groups -OCH3 is 1. The van der Waals surface area contributed by atoms with Crippen LogP contribution in [0.1, 0.15) is 10.4 Å². The number of carbonyl (C=O) groups excluding carboxylic acids is 1. The smallest absolute Gasteiger partial charge is 0.252 e. The number of fused-ring (bicyclic) bond motifs is 1. The van der Waals surface area contributed by atoms with Gasteiger partial charge in [0, 0.05) is 22.7 Å². The molecule has 0 atom stereocenters. The minimum absolute atomic E-state index is 0.232. The summed E-state index contributed by atoms with van der Waals surface area (Å²) in [6.07, 6.45) is 0. The highest BCUT2D eigenvalue weighted by Gasteiger charge is 2.13. The lowest BCUT2D eigenvalue weighted by Gasteiger charge is -2.07. The van der Waals surface area contributed by atoms with E-state index in [4.69, 9.17) is 10.5 Å². The molecule has 3 aromatic rings. The van der Waals surface area contributed by atoms with Gasteiger partial charge in [-0.1, -0.05) is 0 Å². The van der Waals surface area contributed by atoms with Crippen LogP contribution in [0.3, 0.4) is 0 Å². The van der Waals surface area contributed by atoms with Gasteiger partial charge in [0.05, 0.1) is 12.7 Å². The lowest BCUT2D eigenvalue weighted by atomic mass is 10.1. The lowest BCUT2D eigenvalue weighted by Crippen LogP contribution is -2.12. The summed E-state index contributed by atoms with van der Waals surface area (Å²) in [6.45, 7) is 0. The highest BCUT2D eigenvalue weighted by molar-refractivity contribution is 5.97. The maximum atomic E-state index is 13.3. The molecule has 6 heteroatoms.